The van der Waals surface area contributed by atoms with Crippen molar-refractivity contribution in [3.05, 3.63) is 53.6 Å². The van der Waals surface area contributed by atoms with Crippen LogP contribution in [-0.2, 0) is 10.2 Å². The van der Waals surface area contributed by atoms with Gasteiger partial charge in [0.1, 0.15) is 5.75 Å². The van der Waals surface area contributed by atoms with Crippen LogP contribution >= 0.6 is 11.3 Å². The van der Waals surface area contributed by atoms with Gasteiger partial charge in [0.25, 0.3) is 0 Å². The Morgan fingerprint density at radius 2 is 1.86 bits per heavy atom. The van der Waals surface area contributed by atoms with Gasteiger partial charge in [-0.3, -0.25) is 4.79 Å². The molecule has 0 aliphatic heterocycles. The topological polar surface area (TPSA) is 51.2 Å². The van der Waals surface area contributed by atoms with Crippen LogP contribution in [0.4, 0.5) is 5.13 Å². The fourth-order valence-corrected chi connectivity index (χ4v) is 3.92. The third-order valence-corrected chi connectivity index (χ3v) is 5.80. The summed E-state index contributed by atoms with van der Waals surface area (Å²) in [6.07, 6.45) is 1.07. The Morgan fingerprint density at radius 1 is 1.14 bits per heavy atom. The zero-order valence-corrected chi connectivity index (χ0v) is 18.7. The molecular weight excluding hydrogens is 380 g/mol. The fourth-order valence-electron chi connectivity index (χ4n) is 3.00. The van der Waals surface area contributed by atoms with Gasteiger partial charge in [-0.05, 0) is 53.1 Å². The summed E-state index contributed by atoms with van der Waals surface area (Å²) in [5, 5.41) is 3.58. The number of hydrogen-bond donors (Lipinski definition) is 1. The monoisotopic (exact) mass is 410 g/mol. The smallest absolute Gasteiger partial charge is 0.226 e. The maximum absolute atomic E-state index is 12.2. The summed E-state index contributed by atoms with van der Waals surface area (Å²) in [7, 11) is 0. The second-order valence-corrected chi connectivity index (χ2v) is 9.71. The molecule has 0 spiro atoms. The predicted molar refractivity (Wildman–Crippen MR) is 122 cm³/mol. The Balaban J connectivity index is 1.48. The number of aromatic nitrogens is 1. The molecule has 1 N–H and O–H groups in total. The molecule has 0 saturated carbocycles. The van der Waals surface area contributed by atoms with Crippen LogP contribution in [0.1, 0.15) is 64.5 Å². The molecule has 1 heterocycles. The number of carbonyl (C=O) groups is 1. The number of hydrogen-bond acceptors (Lipinski definition) is 4. The lowest BCUT2D eigenvalue weighted by Crippen LogP contribution is -2.12. The van der Waals surface area contributed by atoms with Gasteiger partial charge in [0, 0.05) is 6.42 Å². The number of nitrogens with one attached hydrogen (secondary N) is 1. The SMILES string of the molecule is CC(C)c1ccc(OCCCC(=O)Nc2nc3ccc(C(C)(C)C)cc3s2)cc1. The van der Waals surface area contributed by atoms with Gasteiger partial charge in [-0.15, -0.1) is 0 Å². The number of amides is 1. The molecule has 1 aromatic heterocycles. The number of thiazole rings is 1. The van der Waals surface area contributed by atoms with E-state index in [2.05, 4.69) is 69.2 Å². The van der Waals surface area contributed by atoms with Gasteiger partial charge in [-0.1, -0.05) is 64.2 Å². The minimum atomic E-state index is -0.0288. The van der Waals surface area contributed by atoms with E-state index in [0.717, 1.165) is 16.0 Å². The normalized spacial score (nSPS) is 11.8. The summed E-state index contributed by atoms with van der Waals surface area (Å²) in [5.41, 5.74) is 3.58. The maximum atomic E-state index is 12.2. The second kappa shape index (κ2) is 8.95. The van der Waals surface area contributed by atoms with Crippen molar-refractivity contribution < 1.29 is 9.53 Å². The summed E-state index contributed by atoms with van der Waals surface area (Å²) < 4.78 is 6.84. The van der Waals surface area contributed by atoms with Crippen molar-refractivity contribution in [2.45, 2.75) is 58.8 Å². The fraction of sp³-hybridized carbons (Fsp3) is 0.417. The Kier molecular flexibility index (Phi) is 6.58. The molecule has 0 radical (unpaired) electrons. The maximum Gasteiger partial charge on any atom is 0.226 e. The number of anilines is 1. The van der Waals surface area contributed by atoms with Crippen LogP contribution in [0.25, 0.3) is 10.2 Å². The molecule has 1 amide bonds. The molecule has 154 valence electrons. The molecule has 0 aliphatic rings. The quantitative estimate of drug-likeness (QED) is 0.451. The van der Waals surface area contributed by atoms with E-state index in [0.29, 0.717) is 30.5 Å². The molecule has 0 saturated heterocycles. The van der Waals surface area contributed by atoms with Crippen molar-refractivity contribution in [1.82, 2.24) is 4.98 Å². The largest absolute Gasteiger partial charge is 0.494 e. The van der Waals surface area contributed by atoms with Crippen molar-refractivity contribution in [2.75, 3.05) is 11.9 Å². The standard InChI is InChI=1S/C24H30N2O2S/c1-16(2)17-8-11-19(12-9-17)28-14-6-7-22(27)26-23-25-20-13-10-18(24(3,4)5)15-21(20)29-23/h8-13,15-16H,6-7,14H2,1-5H3,(H,25,26,27). The minimum Gasteiger partial charge on any atom is -0.494 e. The lowest BCUT2D eigenvalue weighted by atomic mass is 9.87. The third-order valence-electron chi connectivity index (χ3n) is 4.86. The highest BCUT2D eigenvalue weighted by molar-refractivity contribution is 7.22. The number of rotatable bonds is 7. The van der Waals surface area contributed by atoms with Crippen molar-refractivity contribution in [3.63, 3.8) is 0 Å². The van der Waals surface area contributed by atoms with Gasteiger partial charge in [0.15, 0.2) is 5.13 Å². The zero-order chi connectivity index (χ0) is 21.0. The van der Waals surface area contributed by atoms with Crippen molar-refractivity contribution in [3.8, 4) is 5.75 Å². The van der Waals surface area contributed by atoms with Crippen LogP contribution in [0, 0.1) is 0 Å². The highest BCUT2D eigenvalue weighted by Crippen LogP contribution is 2.31. The van der Waals surface area contributed by atoms with Crippen molar-refractivity contribution >= 4 is 32.6 Å². The van der Waals surface area contributed by atoms with Crippen LogP contribution in [0.2, 0.25) is 0 Å². The first-order valence-electron chi connectivity index (χ1n) is 10.2. The van der Waals surface area contributed by atoms with E-state index in [9.17, 15) is 4.79 Å². The van der Waals surface area contributed by atoms with E-state index < -0.39 is 0 Å². The first kappa shape index (κ1) is 21.3. The number of fused-ring (bicyclic) bond motifs is 1. The number of nitrogens with zero attached hydrogens (tertiary/aromatic N) is 1. The molecule has 3 rings (SSSR count). The average molecular weight is 411 g/mol. The summed E-state index contributed by atoms with van der Waals surface area (Å²) >= 11 is 1.52. The molecule has 29 heavy (non-hydrogen) atoms. The van der Waals surface area contributed by atoms with Gasteiger partial charge in [0.05, 0.1) is 16.8 Å². The Morgan fingerprint density at radius 3 is 2.52 bits per heavy atom. The number of carbonyl (C=O) groups excluding carboxylic acids is 1. The van der Waals surface area contributed by atoms with Crippen LogP contribution in [0.5, 0.6) is 5.75 Å². The molecule has 0 atom stereocenters. The van der Waals surface area contributed by atoms with E-state index in [1.54, 1.807) is 0 Å². The van der Waals surface area contributed by atoms with E-state index >= 15 is 0 Å². The van der Waals surface area contributed by atoms with Crippen LogP contribution in [0.3, 0.4) is 0 Å². The summed E-state index contributed by atoms with van der Waals surface area (Å²) in [6, 6.07) is 14.5. The predicted octanol–water partition coefficient (Wildman–Crippen LogP) is 6.51. The first-order chi connectivity index (χ1) is 13.7. The van der Waals surface area contributed by atoms with E-state index in [4.69, 9.17) is 4.74 Å². The molecule has 4 nitrogen and oxygen atoms in total. The molecule has 0 bridgehead atoms. The van der Waals surface area contributed by atoms with Gasteiger partial charge in [0.2, 0.25) is 5.91 Å². The lowest BCUT2D eigenvalue weighted by molar-refractivity contribution is -0.116. The Hall–Kier alpha value is -2.40. The highest BCUT2D eigenvalue weighted by Gasteiger charge is 2.15. The third kappa shape index (κ3) is 5.80. The molecular formula is C24H30N2O2S. The summed E-state index contributed by atoms with van der Waals surface area (Å²) in [6.45, 7) is 11.4. The average Bonchev–Trinajstić information content (AvgIpc) is 3.06. The molecule has 0 fully saturated rings. The summed E-state index contributed by atoms with van der Waals surface area (Å²) in [5.74, 6) is 1.32. The number of benzene rings is 2. The molecule has 0 unspecified atom stereocenters. The molecule has 3 aromatic rings. The number of ether oxygens (including phenoxy) is 1. The van der Waals surface area contributed by atoms with E-state index in [-0.39, 0.29) is 11.3 Å². The van der Waals surface area contributed by atoms with Gasteiger partial charge < -0.3 is 10.1 Å². The minimum absolute atomic E-state index is 0.0288. The van der Waals surface area contributed by atoms with Gasteiger partial charge in [-0.25, -0.2) is 4.98 Å². The van der Waals surface area contributed by atoms with E-state index in [1.807, 2.05) is 18.2 Å². The zero-order valence-electron chi connectivity index (χ0n) is 17.9. The van der Waals surface area contributed by atoms with Gasteiger partial charge >= 0.3 is 0 Å². The Bertz CT molecular complexity index is 969. The van der Waals surface area contributed by atoms with Crippen LogP contribution < -0.4 is 10.1 Å². The lowest BCUT2D eigenvalue weighted by Gasteiger charge is -2.18. The first-order valence-corrected chi connectivity index (χ1v) is 11.0. The van der Waals surface area contributed by atoms with Gasteiger partial charge in [-0.2, -0.15) is 0 Å². The molecule has 2 aromatic carbocycles. The van der Waals surface area contributed by atoms with Crippen LogP contribution in [-0.4, -0.2) is 17.5 Å². The summed E-state index contributed by atoms with van der Waals surface area (Å²) in [4.78, 5) is 16.8. The van der Waals surface area contributed by atoms with Crippen LogP contribution in [0.15, 0.2) is 42.5 Å². The van der Waals surface area contributed by atoms with E-state index in [1.165, 1.54) is 22.5 Å². The molecule has 0 aliphatic carbocycles. The highest BCUT2D eigenvalue weighted by atomic mass is 32.1. The Labute approximate surface area is 177 Å². The second-order valence-electron chi connectivity index (χ2n) is 8.68. The molecule has 5 heteroatoms. The van der Waals surface area contributed by atoms with Crippen molar-refractivity contribution in [2.24, 2.45) is 0 Å². The van der Waals surface area contributed by atoms with Crippen molar-refractivity contribution in [1.29, 1.82) is 0 Å².